The van der Waals surface area contributed by atoms with Crippen molar-refractivity contribution in [2.75, 3.05) is 5.32 Å². The van der Waals surface area contributed by atoms with Gasteiger partial charge in [-0.3, -0.25) is 9.78 Å². The molecule has 1 amide bonds. The standard InChI is InChI=1S/C36H44N4O.ClH/c1-3-35(41)39-33-15-14-30(27-9-12-29(37)13-10-27)24(2)36(33)32-23-40(22-25-7-5-4-6-8-25)34-16-11-28(21-31(32)34)26-17-19-38-20-18-26;/h11,14-21,23,25,27,29H,3-10,12-13,22,37H2,1-2H3,(H,39,41);1H. The number of carbonyl (C=O) groups excluding carboxylic acids is 1. The molecule has 222 valence electrons. The lowest BCUT2D eigenvalue weighted by atomic mass is 9.79. The maximum atomic E-state index is 12.7. The third kappa shape index (κ3) is 6.28. The van der Waals surface area contributed by atoms with Crippen molar-refractivity contribution in [3.05, 3.63) is 72.2 Å². The fourth-order valence-corrected chi connectivity index (χ4v) is 7.31. The highest BCUT2D eigenvalue weighted by Gasteiger charge is 2.26. The molecule has 6 rings (SSSR count). The topological polar surface area (TPSA) is 72.9 Å². The van der Waals surface area contributed by atoms with Gasteiger partial charge in [-0.25, -0.2) is 0 Å². The highest BCUT2D eigenvalue weighted by atomic mass is 35.5. The van der Waals surface area contributed by atoms with E-state index < -0.39 is 0 Å². The van der Waals surface area contributed by atoms with Gasteiger partial charge in [-0.2, -0.15) is 0 Å². The lowest BCUT2D eigenvalue weighted by Gasteiger charge is -2.29. The Morgan fingerprint density at radius 1 is 0.952 bits per heavy atom. The largest absolute Gasteiger partial charge is 0.347 e. The van der Waals surface area contributed by atoms with Crippen molar-refractivity contribution in [1.82, 2.24) is 9.55 Å². The molecule has 5 nitrogen and oxygen atoms in total. The molecule has 42 heavy (non-hydrogen) atoms. The minimum atomic E-state index is 0. The molecule has 0 unspecified atom stereocenters. The number of pyridine rings is 1. The summed E-state index contributed by atoms with van der Waals surface area (Å²) in [5, 5.41) is 4.51. The molecule has 2 saturated carbocycles. The fourth-order valence-electron chi connectivity index (χ4n) is 7.31. The Hall–Kier alpha value is -3.15. The Morgan fingerprint density at radius 3 is 2.40 bits per heavy atom. The Kier molecular flexibility index (Phi) is 9.70. The van der Waals surface area contributed by atoms with Crippen LogP contribution in [0.3, 0.4) is 0 Å². The second-order valence-electron chi connectivity index (χ2n) is 12.4. The number of nitrogens with one attached hydrogen (secondary N) is 1. The van der Waals surface area contributed by atoms with E-state index in [1.54, 1.807) is 0 Å². The van der Waals surface area contributed by atoms with Gasteiger partial charge in [0.1, 0.15) is 0 Å². The fraction of sp³-hybridized carbons (Fsp3) is 0.444. The molecule has 3 N–H and O–H groups in total. The van der Waals surface area contributed by atoms with Gasteiger partial charge in [0.05, 0.1) is 0 Å². The smallest absolute Gasteiger partial charge is 0.224 e. The van der Waals surface area contributed by atoms with Gasteiger partial charge in [-0.05, 0) is 110 Å². The number of rotatable bonds is 7. The molecule has 2 aliphatic carbocycles. The second kappa shape index (κ2) is 13.4. The van der Waals surface area contributed by atoms with Crippen LogP contribution < -0.4 is 11.1 Å². The molecule has 4 aromatic rings. The molecule has 6 heteroatoms. The Morgan fingerprint density at radius 2 is 1.69 bits per heavy atom. The minimum Gasteiger partial charge on any atom is -0.347 e. The van der Waals surface area contributed by atoms with Gasteiger partial charge in [0.2, 0.25) is 5.91 Å². The predicted molar refractivity (Wildman–Crippen MR) is 177 cm³/mol. The molecule has 0 spiro atoms. The van der Waals surface area contributed by atoms with Crippen LogP contribution in [0.2, 0.25) is 0 Å². The van der Waals surface area contributed by atoms with Gasteiger partial charge in [-0.15, -0.1) is 12.4 Å². The van der Waals surface area contributed by atoms with Crippen LogP contribution in [-0.2, 0) is 11.3 Å². The van der Waals surface area contributed by atoms with E-state index >= 15 is 0 Å². The predicted octanol–water partition coefficient (Wildman–Crippen LogP) is 9.01. The highest BCUT2D eigenvalue weighted by molar-refractivity contribution is 6.05. The molecule has 2 aromatic carbocycles. The summed E-state index contributed by atoms with van der Waals surface area (Å²) in [5.74, 6) is 1.27. The quantitative estimate of drug-likeness (QED) is 0.227. The SMILES string of the molecule is CCC(=O)Nc1ccc(C2CCC(N)CC2)c(C)c1-c1cn(CC2CCCCC2)c2ccc(-c3ccncc3)cc12.Cl. The Bertz CT molecular complexity index is 1510. The number of fused-ring (bicyclic) bond motifs is 1. The van der Waals surface area contributed by atoms with Crippen LogP contribution in [0.5, 0.6) is 0 Å². The number of benzene rings is 2. The number of carbonyl (C=O) groups is 1. The van der Waals surface area contributed by atoms with Crippen molar-refractivity contribution >= 4 is 34.9 Å². The molecule has 2 aliphatic rings. The van der Waals surface area contributed by atoms with E-state index in [0.29, 0.717) is 24.3 Å². The number of halogens is 1. The first-order valence-electron chi connectivity index (χ1n) is 15.7. The zero-order valence-corrected chi connectivity index (χ0v) is 25.9. The van der Waals surface area contributed by atoms with Gasteiger partial charge >= 0.3 is 0 Å². The van der Waals surface area contributed by atoms with Gasteiger partial charge < -0.3 is 15.6 Å². The number of nitrogens with zero attached hydrogens (tertiary/aromatic N) is 2. The van der Waals surface area contributed by atoms with E-state index in [1.165, 1.54) is 70.8 Å². The van der Waals surface area contributed by atoms with Gasteiger partial charge in [-0.1, -0.05) is 38.3 Å². The maximum Gasteiger partial charge on any atom is 0.224 e. The lowest BCUT2D eigenvalue weighted by Crippen LogP contribution is -2.26. The van der Waals surface area contributed by atoms with Crippen LogP contribution in [0.4, 0.5) is 5.69 Å². The third-order valence-electron chi connectivity index (χ3n) is 9.66. The van der Waals surface area contributed by atoms with Crippen molar-refractivity contribution < 1.29 is 4.79 Å². The van der Waals surface area contributed by atoms with E-state index in [2.05, 4.69) is 70.5 Å². The van der Waals surface area contributed by atoms with Gasteiger partial charge in [0, 0.05) is 65.3 Å². The van der Waals surface area contributed by atoms with Gasteiger partial charge in [0.15, 0.2) is 0 Å². The van der Waals surface area contributed by atoms with E-state index in [1.807, 2.05) is 19.3 Å². The zero-order valence-electron chi connectivity index (χ0n) is 25.1. The number of nitrogens with two attached hydrogens (primary N) is 1. The summed E-state index contributed by atoms with van der Waals surface area (Å²) in [7, 11) is 0. The lowest BCUT2D eigenvalue weighted by molar-refractivity contribution is -0.115. The summed E-state index contributed by atoms with van der Waals surface area (Å²) in [5.41, 5.74) is 15.9. The molecule has 0 saturated heterocycles. The summed E-state index contributed by atoms with van der Waals surface area (Å²) in [6.07, 6.45) is 17.6. The van der Waals surface area contributed by atoms with E-state index in [4.69, 9.17) is 5.73 Å². The van der Waals surface area contributed by atoms with Crippen LogP contribution in [0.25, 0.3) is 33.2 Å². The average Bonchev–Trinajstić information content (AvgIpc) is 3.35. The normalized spacial score (nSPS) is 19.4. The zero-order chi connectivity index (χ0) is 28.3. The summed E-state index contributed by atoms with van der Waals surface area (Å²) >= 11 is 0. The number of hydrogen-bond donors (Lipinski definition) is 2. The molecule has 0 atom stereocenters. The monoisotopic (exact) mass is 584 g/mol. The minimum absolute atomic E-state index is 0. The Labute approximate surface area is 256 Å². The van der Waals surface area contributed by atoms with Crippen LogP contribution in [-0.4, -0.2) is 21.5 Å². The van der Waals surface area contributed by atoms with Crippen molar-refractivity contribution in [3.8, 4) is 22.3 Å². The van der Waals surface area contributed by atoms with Crippen LogP contribution in [0.1, 0.15) is 88.2 Å². The molecule has 0 bridgehead atoms. The second-order valence-corrected chi connectivity index (χ2v) is 12.4. The first-order valence-corrected chi connectivity index (χ1v) is 15.7. The van der Waals surface area contributed by atoms with Crippen molar-refractivity contribution in [3.63, 3.8) is 0 Å². The van der Waals surface area contributed by atoms with Crippen molar-refractivity contribution in [1.29, 1.82) is 0 Å². The number of anilines is 1. The third-order valence-corrected chi connectivity index (χ3v) is 9.66. The summed E-state index contributed by atoms with van der Waals surface area (Å²) in [6.45, 7) is 5.22. The molecular formula is C36H45ClN4O. The molecule has 2 aromatic heterocycles. The number of aromatic nitrogens is 2. The highest BCUT2D eigenvalue weighted by Crippen LogP contribution is 2.44. The van der Waals surface area contributed by atoms with Crippen LogP contribution in [0.15, 0.2) is 61.1 Å². The summed E-state index contributed by atoms with van der Waals surface area (Å²) in [4.78, 5) is 17.0. The summed E-state index contributed by atoms with van der Waals surface area (Å²) < 4.78 is 2.49. The molecular weight excluding hydrogens is 540 g/mol. The summed E-state index contributed by atoms with van der Waals surface area (Å²) in [6, 6.07) is 15.8. The maximum absolute atomic E-state index is 12.7. The van der Waals surface area contributed by atoms with E-state index in [-0.39, 0.29) is 18.3 Å². The van der Waals surface area contributed by atoms with E-state index in [0.717, 1.165) is 43.5 Å². The molecule has 0 radical (unpaired) electrons. The molecule has 2 heterocycles. The van der Waals surface area contributed by atoms with Crippen molar-refractivity contribution in [2.24, 2.45) is 11.7 Å². The van der Waals surface area contributed by atoms with E-state index in [9.17, 15) is 4.79 Å². The average molecular weight is 585 g/mol. The van der Waals surface area contributed by atoms with Crippen molar-refractivity contribution in [2.45, 2.75) is 96.6 Å². The Balaban J connectivity index is 0.00000353. The number of hydrogen-bond acceptors (Lipinski definition) is 3. The number of amides is 1. The first kappa shape index (κ1) is 30.3. The molecule has 2 fully saturated rings. The molecule has 0 aliphatic heterocycles. The van der Waals surface area contributed by atoms with Crippen LogP contribution in [0, 0.1) is 12.8 Å². The first-order chi connectivity index (χ1) is 20.0. The van der Waals surface area contributed by atoms with Gasteiger partial charge in [0.25, 0.3) is 0 Å². The van der Waals surface area contributed by atoms with Crippen LogP contribution >= 0.6 is 12.4 Å².